The number of nitrogens with one attached hydrogen (secondary N) is 1. The van der Waals surface area contributed by atoms with Gasteiger partial charge in [0.25, 0.3) is 5.91 Å². The summed E-state index contributed by atoms with van der Waals surface area (Å²) in [5.41, 5.74) is 10.4. The smallest absolute Gasteiger partial charge is 0.255 e. The van der Waals surface area contributed by atoms with E-state index in [4.69, 9.17) is 0 Å². The fourth-order valence-electron chi connectivity index (χ4n) is 10.1. The quantitative estimate of drug-likeness (QED) is 0.196. The van der Waals surface area contributed by atoms with Gasteiger partial charge in [0.2, 0.25) is 5.91 Å². The third kappa shape index (κ3) is 7.25. The highest BCUT2D eigenvalue weighted by atomic mass is 16.3. The Morgan fingerprint density at radius 1 is 0.709 bits per heavy atom. The summed E-state index contributed by atoms with van der Waals surface area (Å²) in [6, 6.07) is 32.1. The van der Waals surface area contributed by atoms with Crippen LogP contribution in [-0.4, -0.2) is 78.6 Å². The van der Waals surface area contributed by atoms with Gasteiger partial charge in [-0.05, 0) is 134 Å². The maximum atomic E-state index is 13.2. The van der Waals surface area contributed by atoms with Gasteiger partial charge in [0, 0.05) is 74.4 Å². The highest BCUT2D eigenvalue weighted by Crippen LogP contribution is 2.47. The molecule has 2 N–H and O–H groups in total. The van der Waals surface area contributed by atoms with Gasteiger partial charge in [-0.2, -0.15) is 0 Å². The number of aryl methyl sites for hydroxylation is 1. The van der Waals surface area contributed by atoms with Crippen molar-refractivity contribution < 1.29 is 14.7 Å². The van der Waals surface area contributed by atoms with Crippen molar-refractivity contribution in [1.82, 2.24) is 15.1 Å². The van der Waals surface area contributed by atoms with Crippen molar-refractivity contribution in [3.63, 3.8) is 0 Å². The zero-order valence-electron chi connectivity index (χ0n) is 31.8. The number of piperidine rings is 2. The average Bonchev–Trinajstić information content (AvgIpc) is 3.55. The minimum atomic E-state index is -0.423. The van der Waals surface area contributed by atoms with Crippen LogP contribution >= 0.6 is 0 Å². The second kappa shape index (κ2) is 15.2. The molecule has 3 fully saturated rings. The van der Waals surface area contributed by atoms with Gasteiger partial charge in [-0.25, -0.2) is 0 Å². The number of amides is 2. The third-order valence-electron chi connectivity index (χ3n) is 13.3. The maximum absolute atomic E-state index is 13.2. The van der Waals surface area contributed by atoms with E-state index in [0.29, 0.717) is 31.1 Å². The number of rotatable bonds is 8. The van der Waals surface area contributed by atoms with E-state index in [0.717, 1.165) is 81.4 Å². The molecule has 1 aliphatic carbocycles. The fraction of sp³-hybridized carbons (Fsp3) is 0.404. The number of phenolic OH excluding ortho intramolecular Hbond substituents is 1. The lowest BCUT2D eigenvalue weighted by Crippen LogP contribution is -2.49. The van der Waals surface area contributed by atoms with E-state index < -0.39 is 6.04 Å². The predicted molar refractivity (Wildman–Crippen MR) is 219 cm³/mol. The van der Waals surface area contributed by atoms with Gasteiger partial charge >= 0.3 is 0 Å². The van der Waals surface area contributed by atoms with E-state index in [1.165, 1.54) is 52.9 Å². The summed E-state index contributed by atoms with van der Waals surface area (Å²) in [6.45, 7) is 11.8. The molecule has 4 aromatic rings. The molecule has 8 nitrogen and oxygen atoms in total. The SMILES string of the molecule is C=C1CCC(N2Cc3cc(N4CCN(CCC5CCN(c6ccc([C@@H]7c8ccc(O)cc8CC[C@@H]7c7ccccc7)cc6)CC5)CC4)ccc3C2=O)C(=O)N1. The molecule has 3 saturated heterocycles. The van der Waals surface area contributed by atoms with Gasteiger partial charge < -0.3 is 25.1 Å². The number of carbonyl (C=O) groups excluding carboxylic acids is 2. The largest absolute Gasteiger partial charge is 0.508 e. The van der Waals surface area contributed by atoms with Crippen molar-refractivity contribution in [3.8, 4) is 5.75 Å². The fourth-order valence-corrected chi connectivity index (χ4v) is 10.1. The van der Waals surface area contributed by atoms with Gasteiger partial charge in [-0.1, -0.05) is 55.1 Å². The number of piperazine rings is 1. The molecule has 1 unspecified atom stereocenters. The van der Waals surface area contributed by atoms with Crippen molar-refractivity contribution in [2.45, 2.75) is 69.4 Å². The minimum absolute atomic E-state index is 0.0377. The highest BCUT2D eigenvalue weighted by Gasteiger charge is 2.38. The number of carbonyl (C=O) groups is 2. The lowest BCUT2D eigenvalue weighted by atomic mass is 9.69. The first kappa shape index (κ1) is 35.6. The Labute approximate surface area is 325 Å². The summed E-state index contributed by atoms with van der Waals surface area (Å²) in [4.78, 5) is 35.2. The number of fused-ring (bicyclic) bond motifs is 2. The summed E-state index contributed by atoms with van der Waals surface area (Å²) in [6.07, 6.45) is 7.13. The van der Waals surface area contributed by atoms with E-state index in [2.05, 4.69) is 99.4 Å². The zero-order valence-corrected chi connectivity index (χ0v) is 31.8. The molecule has 4 aromatic carbocycles. The Morgan fingerprint density at radius 3 is 2.22 bits per heavy atom. The number of hydrogen-bond acceptors (Lipinski definition) is 6. The zero-order chi connectivity index (χ0) is 37.5. The van der Waals surface area contributed by atoms with Crippen molar-refractivity contribution >= 4 is 23.2 Å². The van der Waals surface area contributed by atoms with Gasteiger partial charge in [0.05, 0.1) is 0 Å². The Kier molecular flexibility index (Phi) is 9.85. The Morgan fingerprint density at radius 2 is 1.45 bits per heavy atom. The van der Waals surface area contributed by atoms with Gasteiger partial charge in [-0.15, -0.1) is 0 Å². The average molecular weight is 736 g/mol. The molecular weight excluding hydrogens is 683 g/mol. The first-order valence-electron chi connectivity index (χ1n) is 20.5. The third-order valence-corrected chi connectivity index (χ3v) is 13.3. The van der Waals surface area contributed by atoms with E-state index in [-0.39, 0.29) is 17.7 Å². The lowest BCUT2D eigenvalue weighted by molar-refractivity contribution is -0.126. The number of nitrogens with zero attached hydrogens (tertiary/aromatic N) is 4. The number of anilines is 2. The van der Waals surface area contributed by atoms with E-state index >= 15 is 0 Å². The highest BCUT2D eigenvalue weighted by molar-refractivity contribution is 6.01. The van der Waals surface area contributed by atoms with Crippen molar-refractivity contribution in [1.29, 1.82) is 0 Å². The van der Waals surface area contributed by atoms with Crippen LogP contribution in [0.5, 0.6) is 5.75 Å². The van der Waals surface area contributed by atoms with Crippen LogP contribution in [0.1, 0.15) is 88.5 Å². The molecule has 4 aliphatic heterocycles. The molecule has 0 bridgehead atoms. The van der Waals surface area contributed by atoms with Crippen LogP contribution in [0.4, 0.5) is 11.4 Å². The Hall–Kier alpha value is -5.08. The van der Waals surface area contributed by atoms with E-state index in [9.17, 15) is 14.7 Å². The van der Waals surface area contributed by atoms with E-state index in [1.807, 2.05) is 18.2 Å². The number of allylic oxidation sites excluding steroid dienone is 1. The number of hydrogen-bond donors (Lipinski definition) is 2. The van der Waals surface area contributed by atoms with Crippen LogP contribution in [0.3, 0.4) is 0 Å². The maximum Gasteiger partial charge on any atom is 0.255 e. The summed E-state index contributed by atoms with van der Waals surface area (Å²) < 4.78 is 0. The van der Waals surface area contributed by atoms with Crippen LogP contribution in [0.15, 0.2) is 103 Å². The second-order valence-corrected chi connectivity index (χ2v) is 16.5. The molecule has 55 heavy (non-hydrogen) atoms. The molecule has 0 spiro atoms. The molecule has 0 saturated carbocycles. The molecule has 9 rings (SSSR count). The Balaban J connectivity index is 0.756. The van der Waals surface area contributed by atoms with Gasteiger partial charge in [-0.3, -0.25) is 14.5 Å². The molecule has 5 aliphatic rings. The normalized spacial score (nSPS) is 23.5. The van der Waals surface area contributed by atoms with Gasteiger partial charge in [0.1, 0.15) is 11.8 Å². The summed E-state index contributed by atoms with van der Waals surface area (Å²) in [7, 11) is 0. The molecule has 0 aromatic heterocycles. The molecule has 284 valence electrons. The monoisotopic (exact) mass is 735 g/mol. The van der Waals surface area contributed by atoms with Crippen molar-refractivity contribution in [2.24, 2.45) is 5.92 Å². The lowest BCUT2D eigenvalue weighted by Gasteiger charge is -2.38. The molecule has 2 amide bonds. The molecule has 0 radical (unpaired) electrons. The van der Waals surface area contributed by atoms with Crippen LogP contribution in [0.25, 0.3) is 0 Å². The predicted octanol–water partition coefficient (Wildman–Crippen LogP) is 7.43. The molecule has 4 heterocycles. The molecular formula is C47H53N5O3. The molecule has 3 atom stereocenters. The topological polar surface area (TPSA) is 79.4 Å². The van der Waals surface area contributed by atoms with Crippen LogP contribution in [0, 0.1) is 5.92 Å². The van der Waals surface area contributed by atoms with Crippen molar-refractivity contribution in [2.75, 3.05) is 55.6 Å². The first-order chi connectivity index (χ1) is 26.9. The standard InChI is InChI=1S/C47H53N5O3/c1-32-7-18-44(46(54)48-32)52-31-37-29-39(13-16-43(37)47(52)55)51-27-25-49(26-28-51)22-19-33-20-23-50(24-21-33)38-11-8-35(9-12-38)45-41(34-5-3-2-4-6-34)15-10-36-30-40(53)14-17-42(36)45/h2-6,8-9,11-14,16-17,29-30,33,41,44-45,53H,1,7,10,15,18-28,31H2,(H,48,54)/t41-,44?,45+/m1/s1. The van der Waals surface area contributed by atoms with Gasteiger partial charge in [0.15, 0.2) is 0 Å². The summed E-state index contributed by atoms with van der Waals surface area (Å²) in [5.74, 6) is 1.66. The first-order valence-corrected chi connectivity index (χ1v) is 20.5. The number of benzene rings is 4. The minimum Gasteiger partial charge on any atom is -0.508 e. The van der Waals surface area contributed by atoms with Crippen molar-refractivity contribution in [3.05, 3.63) is 137 Å². The Bertz CT molecular complexity index is 2050. The van der Waals surface area contributed by atoms with Crippen LogP contribution < -0.4 is 15.1 Å². The van der Waals surface area contributed by atoms with Crippen LogP contribution in [-0.2, 0) is 17.8 Å². The second-order valence-electron chi connectivity index (χ2n) is 16.5. The summed E-state index contributed by atoms with van der Waals surface area (Å²) in [5, 5.41) is 13.1. The number of aromatic hydroxyl groups is 1. The number of phenols is 1. The molecule has 8 heteroatoms. The van der Waals surface area contributed by atoms with Crippen LogP contribution in [0.2, 0.25) is 0 Å². The summed E-state index contributed by atoms with van der Waals surface area (Å²) >= 11 is 0. The van der Waals surface area contributed by atoms with E-state index in [1.54, 1.807) is 4.90 Å².